The van der Waals surface area contributed by atoms with Gasteiger partial charge in [0.2, 0.25) is 5.91 Å². The third kappa shape index (κ3) is 3.73. The number of amides is 3. The molecule has 0 aromatic heterocycles. The van der Waals surface area contributed by atoms with Crippen molar-refractivity contribution in [2.45, 2.75) is 26.9 Å². The molecule has 0 saturated carbocycles. The first-order chi connectivity index (χ1) is 13.3. The molecule has 28 heavy (non-hydrogen) atoms. The maximum Gasteiger partial charge on any atom is 0.301 e. The first kappa shape index (κ1) is 19.2. The van der Waals surface area contributed by atoms with Crippen LogP contribution in [0.3, 0.4) is 0 Å². The number of ether oxygens (including phenoxy) is 1. The van der Waals surface area contributed by atoms with Crippen LogP contribution in [0.2, 0.25) is 0 Å². The van der Waals surface area contributed by atoms with Crippen LogP contribution in [-0.4, -0.2) is 28.9 Å². The second kappa shape index (κ2) is 7.56. The Labute approximate surface area is 162 Å². The summed E-state index contributed by atoms with van der Waals surface area (Å²) in [6, 6.07) is 12.8. The number of rotatable bonds is 5. The number of hydrogen-bond donors (Lipinski definition) is 2. The van der Waals surface area contributed by atoms with Crippen molar-refractivity contribution < 1.29 is 24.2 Å². The minimum Gasteiger partial charge on any atom is -0.502 e. The maximum atomic E-state index is 12.8. The lowest BCUT2D eigenvalue weighted by molar-refractivity contribution is -0.121. The first-order valence-corrected chi connectivity index (χ1v) is 8.74. The highest BCUT2D eigenvalue weighted by Gasteiger charge is 2.40. The predicted molar refractivity (Wildman–Crippen MR) is 105 cm³/mol. The fraction of sp³-hybridized carbons (Fsp3) is 0.190. The monoisotopic (exact) mass is 380 g/mol. The molecule has 1 aliphatic rings. The maximum absolute atomic E-state index is 12.8. The molecule has 3 amide bonds. The number of nitrogens with one attached hydrogen (secondary N) is 1. The Kier molecular flexibility index (Phi) is 5.17. The van der Waals surface area contributed by atoms with Gasteiger partial charge in [-0.1, -0.05) is 12.1 Å². The summed E-state index contributed by atoms with van der Waals surface area (Å²) >= 11 is 0. The highest BCUT2D eigenvalue weighted by atomic mass is 16.5. The zero-order valence-corrected chi connectivity index (χ0v) is 15.7. The van der Waals surface area contributed by atoms with Crippen molar-refractivity contribution in [2.75, 3.05) is 10.2 Å². The van der Waals surface area contributed by atoms with E-state index in [1.165, 1.54) is 19.1 Å². The van der Waals surface area contributed by atoms with E-state index in [9.17, 15) is 19.5 Å². The van der Waals surface area contributed by atoms with E-state index in [2.05, 4.69) is 5.32 Å². The Morgan fingerprint density at radius 2 is 1.61 bits per heavy atom. The summed E-state index contributed by atoms with van der Waals surface area (Å²) in [5, 5.41) is 12.9. The molecule has 2 N–H and O–H groups in total. The molecule has 0 fully saturated rings. The highest BCUT2D eigenvalue weighted by molar-refractivity contribution is 6.44. The van der Waals surface area contributed by atoms with E-state index in [0.717, 1.165) is 4.90 Å². The summed E-state index contributed by atoms with van der Waals surface area (Å²) in [5.74, 6) is -1.62. The zero-order chi connectivity index (χ0) is 20.4. The van der Waals surface area contributed by atoms with Crippen LogP contribution in [-0.2, 0) is 14.4 Å². The number of anilines is 2. The summed E-state index contributed by atoms with van der Waals surface area (Å²) in [4.78, 5) is 37.3. The van der Waals surface area contributed by atoms with Crippen molar-refractivity contribution in [3.8, 4) is 5.75 Å². The van der Waals surface area contributed by atoms with E-state index in [0.29, 0.717) is 22.7 Å². The van der Waals surface area contributed by atoms with Gasteiger partial charge in [-0.05, 0) is 55.8 Å². The third-order valence-electron chi connectivity index (χ3n) is 4.02. The van der Waals surface area contributed by atoms with Gasteiger partial charge in [0.05, 0.1) is 17.4 Å². The van der Waals surface area contributed by atoms with Crippen molar-refractivity contribution in [1.29, 1.82) is 0 Å². The highest BCUT2D eigenvalue weighted by Crippen LogP contribution is 2.33. The molecule has 3 rings (SSSR count). The number of carbonyl (C=O) groups is 3. The smallest absolute Gasteiger partial charge is 0.301 e. The van der Waals surface area contributed by atoms with Gasteiger partial charge in [0.25, 0.3) is 5.91 Å². The average molecular weight is 380 g/mol. The molecule has 0 saturated heterocycles. The molecule has 7 heteroatoms. The van der Waals surface area contributed by atoms with Crippen LogP contribution < -0.4 is 15.0 Å². The van der Waals surface area contributed by atoms with Gasteiger partial charge >= 0.3 is 5.91 Å². The lowest BCUT2D eigenvalue weighted by Crippen LogP contribution is -2.31. The fourth-order valence-electron chi connectivity index (χ4n) is 2.88. The van der Waals surface area contributed by atoms with Crippen molar-refractivity contribution in [1.82, 2.24) is 0 Å². The van der Waals surface area contributed by atoms with Crippen LogP contribution in [0.25, 0.3) is 5.57 Å². The molecule has 2 aromatic carbocycles. The second-order valence-corrected chi connectivity index (χ2v) is 6.59. The molecule has 0 aliphatic carbocycles. The minimum atomic E-state index is -0.796. The molecule has 2 aromatic rings. The molecular formula is C21H20N2O5. The SMILES string of the molecule is CC(=O)Nc1ccc(N2C(=O)C(O)=C(c3ccc(OC(C)C)cc3)C2=O)cc1. The molecule has 0 bridgehead atoms. The van der Waals surface area contributed by atoms with Gasteiger partial charge in [-0.2, -0.15) is 0 Å². The van der Waals surface area contributed by atoms with E-state index >= 15 is 0 Å². The molecule has 0 atom stereocenters. The topological polar surface area (TPSA) is 95.9 Å². The van der Waals surface area contributed by atoms with Gasteiger partial charge in [0.15, 0.2) is 5.76 Å². The summed E-state index contributed by atoms with van der Waals surface area (Å²) in [7, 11) is 0. The van der Waals surface area contributed by atoms with Gasteiger partial charge in [-0.15, -0.1) is 0 Å². The number of imide groups is 1. The van der Waals surface area contributed by atoms with E-state index in [1.807, 2.05) is 13.8 Å². The Morgan fingerprint density at radius 3 is 2.14 bits per heavy atom. The van der Waals surface area contributed by atoms with Crippen LogP contribution in [0.15, 0.2) is 54.3 Å². The van der Waals surface area contributed by atoms with E-state index in [-0.39, 0.29) is 17.6 Å². The second-order valence-electron chi connectivity index (χ2n) is 6.59. The number of benzene rings is 2. The fourth-order valence-corrected chi connectivity index (χ4v) is 2.88. The lowest BCUT2D eigenvalue weighted by Gasteiger charge is -2.15. The quantitative estimate of drug-likeness (QED) is 0.776. The number of hydrogen-bond acceptors (Lipinski definition) is 5. The third-order valence-corrected chi connectivity index (χ3v) is 4.02. The molecule has 1 aliphatic heterocycles. The molecule has 1 heterocycles. The molecule has 0 spiro atoms. The Bertz CT molecular complexity index is 959. The summed E-state index contributed by atoms with van der Waals surface area (Å²) in [6.07, 6.45) is 0.00381. The van der Waals surface area contributed by atoms with Gasteiger partial charge in [0.1, 0.15) is 5.75 Å². The lowest BCUT2D eigenvalue weighted by atomic mass is 10.1. The number of aliphatic hydroxyl groups is 1. The van der Waals surface area contributed by atoms with Crippen molar-refractivity contribution in [3.05, 3.63) is 59.9 Å². The van der Waals surface area contributed by atoms with Crippen molar-refractivity contribution >= 4 is 34.7 Å². The summed E-state index contributed by atoms with van der Waals surface area (Å²) in [6.45, 7) is 5.18. The molecular weight excluding hydrogens is 360 g/mol. The van der Waals surface area contributed by atoms with Crippen molar-refractivity contribution in [3.63, 3.8) is 0 Å². The Balaban J connectivity index is 1.86. The molecule has 144 valence electrons. The minimum absolute atomic E-state index is 0.00381. The number of carbonyl (C=O) groups excluding carboxylic acids is 3. The largest absolute Gasteiger partial charge is 0.502 e. The first-order valence-electron chi connectivity index (χ1n) is 8.74. The van der Waals surface area contributed by atoms with Crippen LogP contribution in [0.1, 0.15) is 26.3 Å². The zero-order valence-electron chi connectivity index (χ0n) is 15.7. The van der Waals surface area contributed by atoms with Crippen LogP contribution >= 0.6 is 0 Å². The van der Waals surface area contributed by atoms with Crippen LogP contribution in [0.5, 0.6) is 5.75 Å². The predicted octanol–water partition coefficient (Wildman–Crippen LogP) is 3.27. The average Bonchev–Trinajstić information content (AvgIpc) is 2.85. The van der Waals surface area contributed by atoms with E-state index < -0.39 is 17.6 Å². The van der Waals surface area contributed by atoms with Crippen LogP contribution in [0, 0.1) is 0 Å². The standard InChI is InChI=1S/C21H20N2O5/c1-12(2)28-17-10-4-14(5-11-17)18-19(25)21(27)23(20(18)26)16-8-6-15(7-9-16)22-13(3)24/h4-12,25H,1-3H3,(H,22,24). The van der Waals surface area contributed by atoms with Gasteiger partial charge in [0, 0.05) is 12.6 Å². The van der Waals surface area contributed by atoms with Gasteiger partial charge < -0.3 is 15.2 Å². The summed E-state index contributed by atoms with van der Waals surface area (Å²) in [5.41, 5.74) is 1.19. The Hall–Kier alpha value is -3.61. The van der Waals surface area contributed by atoms with E-state index in [1.54, 1.807) is 36.4 Å². The van der Waals surface area contributed by atoms with Crippen LogP contribution in [0.4, 0.5) is 11.4 Å². The van der Waals surface area contributed by atoms with Crippen molar-refractivity contribution in [2.24, 2.45) is 0 Å². The van der Waals surface area contributed by atoms with Gasteiger partial charge in [-0.25, -0.2) is 4.90 Å². The molecule has 7 nitrogen and oxygen atoms in total. The molecule has 0 radical (unpaired) electrons. The molecule has 0 unspecified atom stereocenters. The van der Waals surface area contributed by atoms with Gasteiger partial charge in [-0.3, -0.25) is 14.4 Å². The summed E-state index contributed by atoms with van der Waals surface area (Å²) < 4.78 is 5.56. The van der Waals surface area contributed by atoms with E-state index in [4.69, 9.17) is 4.74 Å². The normalized spacial score (nSPS) is 14.1. The number of nitrogens with zero attached hydrogens (tertiary/aromatic N) is 1. The Morgan fingerprint density at radius 1 is 1.00 bits per heavy atom. The number of aliphatic hydroxyl groups excluding tert-OH is 1.